The number of H-pyrrole nitrogens is 2. The van der Waals surface area contributed by atoms with Crippen molar-refractivity contribution in [2.45, 2.75) is 26.2 Å². The van der Waals surface area contributed by atoms with E-state index >= 15 is 0 Å². The lowest BCUT2D eigenvalue weighted by atomic mass is 9.85. The average molecular weight is 395 g/mol. The van der Waals surface area contributed by atoms with Crippen LogP contribution in [0.2, 0.25) is 0 Å². The second-order valence-electron chi connectivity index (χ2n) is 8.01. The first-order valence-electron chi connectivity index (χ1n) is 9.08. The van der Waals surface area contributed by atoms with Crippen molar-refractivity contribution in [1.29, 1.82) is 0 Å². The zero-order chi connectivity index (χ0) is 20.9. The molecule has 4 aromatic rings. The molecule has 0 saturated carbocycles. The molecule has 2 aromatic heterocycles. The maximum atomic E-state index is 13.6. The predicted octanol–water partition coefficient (Wildman–Crippen LogP) is 4.84. The van der Waals surface area contributed by atoms with Gasteiger partial charge in [-0.15, -0.1) is 0 Å². The average Bonchev–Trinajstić information content (AvgIpc) is 3.09. The van der Waals surface area contributed by atoms with Gasteiger partial charge in [0.05, 0.1) is 5.52 Å². The molecule has 3 N–H and O–H groups in total. The molecule has 2 heterocycles. The van der Waals surface area contributed by atoms with Crippen LogP contribution in [0, 0.1) is 11.6 Å². The molecular weight excluding hydrogens is 376 g/mol. The Morgan fingerprint density at radius 2 is 1.72 bits per heavy atom. The molecule has 0 unspecified atom stereocenters. The lowest BCUT2D eigenvalue weighted by Gasteiger charge is -2.23. The Labute approximate surface area is 164 Å². The molecule has 0 aliphatic carbocycles. The zero-order valence-electron chi connectivity index (χ0n) is 16.1. The van der Waals surface area contributed by atoms with Crippen molar-refractivity contribution < 1.29 is 13.6 Å². The summed E-state index contributed by atoms with van der Waals surface area (Å²) in [6.07, 6.45) is 3.02. The Hall–Kier alpha value is -3.48. The summed E-state index contributed by atoms with van der Waals surface area (Å²) in [7, 11) is 0. The van der Waals surface area contributed by atoms with Crippen LogP contribution in [0.25, 0.3) is 21.8 Å². The van der Waals surface area contributed by atoms with E-state index in [4.69, 9.17) is 0 Å². The van der Waals surface area contributed by atoms with Gasteiger partial charge < -0.3 is 15.3 Å². The Kier molecular flexibility index (Phi) is 4.26. The second-order valence-corrected chi connectivity index (χ2v) is 8.01. The fourth-order valence-electron chi connectivity index (χ4n) is 3.40. The van der Waals surface area contributed by atoms with Crippen LogP contribution in [0.5, 0.6) is 0 Å². The monoisotopic (exact) mass is 395 g/mol. The molecule has 7 heteroatoms. The van der Waals surface area contributed by atoms with Gasteiger partial charge in [0.2, 0.25) is 5.43 Å². The van der Waals surface area contributed by atoms with E-state index in [-0.39, 0.29) is 21.9 Å². The number of halogens is 2. The molecule has 0 aliphatic rings. The first-order chi connectivity index (χ1) is 13.6. The van der Waals surface area contributed by atoms with Gasteiger partial charge in [-0.1, -0.05) is 20.8 Å². The van der Waals surface area contributed by atoms with E-state index in [0.29, 0.717) is 5.69 Å². The molecule has 0 radical (unpaired) electrons. The minimum Gasteiger partial charge on any atom is -0.361 e. The van der Waals surface area contributed by atoms with Crippen LogP contribution in [-0.2, 0) is 5.41 Å². The van der Waals surface area contributed by atoms with Crippen LogP contribution in [0.4, 0.5) is 14.5 Å². The largest absolute Gasteiger partial charge is 0.361 e. The van der Waals surface area contributed by atoms with E-state index in [0.717, 1.165) is 28.6 Å². The van der Waals surface area contributed by atoms with E-state index in [2.05, 4.69) is 15.3 Å². The summed E-state index contributed by atoms with van der Waals surface area (Å²) in [5.41, 5.74) is 1.32. The van der Waals surface area contributed by atoms with Crippen molar-refractivity contribution in [3.8, 4) is 0 Å². The van der Waals surface area contributed by atoms with E-state index in [1.165, 1.54) is 6.20 Å². The standard InChI is InChI=1S/C22H19F2N3O2/c1-22(2,3)14-6-11-4-5-25-17(11)9-19(14)27-21(29)13-10-26-18-8-16(24)15(23)7-12(18)20(13)28/h4-10,25H,1-3H3,(H,26,28)(H,27,29). The molecule has 0 saturated heterocycles. The summed E-state index contributed by atoms with van der Waals surface area (Å²) in [4.78, 5) is 31.4. The summed E-state index contributed by atoms with van der Waals surface area (Å²) in [5.74, 6) is -2.85. The van der Waals surface area contributed by atoms with Gasteiger partial charge >= 0.3 is 0 Å². The zero-order valence-corrected chi connectivity index (χ0v) is 16.1. The lowest BCUT2D eigenvalue weighted by Crippen LogP contribution is -2.24. The maximum Gasteiger partial charge on any atom is 0.261 e. The number of aromatic amines is 2. The Morgan fingerprint density at radius 3 is 2.45 bits per heavy atom. The van der Waals surface area contributed by atoms with E-state index < -0.39 is 23.0 Å². The third-order valence-corrected chi connectivity index (χ3v) is 4.91. The molecule has 0 atom stereocenters. The summed E-state index contributed by atoms with van der Waals surface area (Å²) in [6.45, 7) is 6.07. The van der Waals surface area contributed by atoms with Crippen LogP contribution < -0.4 is 10.7 Å². The fraction of sp³-hybridized carbons (Fsp3) is 0.182. The number of amides is 1. The molecule has 0 fully saturated rings. The Bertz CT molecular complexity index is 1330. The van der Waals surface area contributed by atoms with Gasteiger partial charge in [-0.2, -0.15) is 0 Å². The molecule has 148 valence electrons. The highest BCUT2D eigenvalue weighted by atomic mass is 19.2. The van der Waals surface area contributed by atoms with Gasteiger partial charge in [0.25, 0.3) is 5.91 Å². The molecule has 2 aromatic carbocycles. The van der Waals surface area contributed by atoms with E-state index in [1.807, 2.05) is 45.2 Å². The van der Waals surface area contributed by atoms with Crippen molar-refractivity contribution in [2.75, 3.05) is 5.32 Å². The van der Waals surface area contributed by atoms with Gasteiger partial charge in [0.15, 0.2) is 11.6 Å². The Morgan fingerprint density at radius 1 is 1.00 bits per heavy atom. The molecular formula is C22H19F2N3O2. The van der Waals surface area contributed by atoms with E-state index in [9.17, 15) is 18.4 Å². The maximum absolute atomic E-state index is 13.6. The first kappa shape index (κ1) is 18.9. The van der Waals surface area contributed by atoms with Gasteiger partial charge in [-0.3, -0.25) is 9.59 Å². The van der Waals surface area contributed by atoms with Crippen molar-refractivity contribution >= 4 is 33.4 Å². The number of hydrogen-bond donors (Lipinski definition) is 3. The molecule has 0 bridgehead atoms. The molecule has 1 amide bonds. The highest BCUT2D eigenvalue weighted by Crippen LogP contribution is 2.33. The third kappa shape index (κ3) is 3.29. The quantitative estimate of drug-likeness (QED) is 0.454. The molecule has 0 aliphatic heterocycles. The smallest absolute Gasteiger partial charge is 0.261 e. The number of carbonyl (C=O) groups excluding carboxylic acids is 1. The number of fused-ring (bicyclic) bond motifs is 2. The number of anilines is 1. The first-order valence-corrected chi connectivity index (χ1v) is 9.08. The molecule has 5 nitrogen and oxygen atoms in total. The minimum atomic E-state index is -1.15. The van der Waals surface area contributed by atoms with Crippen LogP contribution in [-0.4, -0.2) is 15.9 Å². The van der Waals surface area contributed by atoms with Crippen molar-refractivity contribution in [3.05, 3.63) is 75.7 Å². The lowest BCUT2D eigenvalue weighted by molar-refractivity contribution is 0.102. The SMILES string of the molecule is CC(C)(C)c1cc2cc[nH]c2cc1NC(=O)c1c[nH]c2cc(F)c(F)cc2c1=O. The van der Waals surface area contributed by atoms with Crippen LogP contribution >= 0.6 is 0 Å². The molecule has 0 spiro atoms. The summed E-state index contributed by atoms with van der Waals surface area (Å²) in [6, 6.07) is 7.44. The normalized spacial score (nSPS) is 11.9. The number of hydrogen-bond acceptors (Lipinski definition) is 2. The van der Waals surface area contributed by atoms with Crippen molar-refractivity contribution in [3.63, 3.8) is 0 Å². The second kappa shape index (κ2) is 6.55. The highest BCUT2D eigenvalue weighted by molar-refractivity contribution is 6.07. The summed E-state index contributed by atoms with van der Waals surface area (Å²) >= 11 is 0. The van der Waals surface area contributed by atoms with Gasteiger partial charge in [-0.25, -0.2) is 8.78 Å². The Balaban J connectivity index is 1.80. The van der Waals surface area contributed by atoms with Crippen LogP contribution in [0.3, 0.4) is 0 Å². The molecule has 4 rings (SSSR count). The number of rotatable bonds is 2. The number of nitrogens with one attached hydrogen (secondary N) is 3. The number of pyridine rings is 1. The third-order valence-electron chi connectivity index (χ3n) is 4.91. The van der Waals surface area contributed by atoms with Crippen LogP contribution in [0.15, 0.2) is 47.5 Å². The van der Waals surface area contributed by atoms with Crippen LogP contribution in [0.1, 0.15) is 36.7 Å². The highest BCUT2D eigenvalue weighted by Gasteiger charge is 2.22. The minimum absolute atomic E-state index is 0.0904. The predicted molar refractivity (Wildman–Crippen MR) is 109 cm³/mol. The fourth-order valence-corrected chi connectivity index (χ4v) is 3.40. The van der Waals surface area contributed by atoms with Crippen molar-refractivity contribution in [2.24, 2.45) is 0 Å². The van der Waals surface area contributed by atoms with Crippen molar-refractivity contribution in [1.82, 2.24) is 9.97 Å². The number of aromatic nitrogens is 2. The van der Waals surface area contributed by atoms with Gasteiger partial charge in [0.1, 0.15) is 5.56 Å². The van der Waals surface area contributed by atoms with Gasteiger partial charge in [0, 0.05) is 35.1 Å². The topological polar surface area (TPSA) is 77.8 Å². The van der Waals surface area contributed by atoms with Gasteiger partial charge in [-0.05, 0) is 40.6 Å². The number of carbonyl (C=O) groups is 1. The van der Waals surface area contributed by atoms with E-state index in [1.54, 1.807) is 0 Å². The molecule has 29 heavy (non-hydrogen) atoms. The summed E-state index contributed by atoms with van der Waals surface area (Å²) < 4.78 is 27.0. The summed E-state index contributed by atoms with van der Waals surface area (Å²) in [5, 5.41) is 3.72. The number of benzene rings is 2.